The Labute approximate surface area is 145 Å². The Morgan fingerprint density at radius 2 is 2.04 bits per heavy atom. The molecule has 0 amide bonds. The van der Waals surface area contributed by atoms with Crippen LogP contribution in [-0.4, -0.2) is 41.4 Å². The van der Waals surface area contributed by atoms with Gasteiger partial charge in [0.25, 0.3) is 0 Å². The third-order valence-electron chi connectivity index (χ3n) is 4.56. The van der Waals surface area contributed by atoms with Crippen molar-refractivity contribution < 1.29 is 5.11 Å². The van der Waals surface area contributed by atoms with E-state index in [1.807, 2.05) is 42.9 Å². The van der Waals surface area contributed by atoms with E-state index in [1.165, 1.54) is 0 Å². The maximum Gasteiger partial charge on any atom is 0.151 e. The summed E-state index contributed by atoms with van der Waals surface area (Å²) in [6.07, 6.45) is 1.86. The van der Waals surface area contributed by atoms with Crippen molar-refractivity contribution in [2.75, 3.05) is 11.4 Å². The molecule has 0 aromatic carbocycles. The number of aliphatic hydroxyl groups excluding tert-OH is 1. The summed E-state index contributed by atoms with van der Waals surface area (Å²) in [4.78, 5) is 2.20. The molecule has 8 heteroatoms. The molecule has 8 nitrogen and oxygen atoms in total. The standard InChI is InChI=1S/C17H21N7O/c1-12-4-5-16(20-19-12)23-8-3-9-24-13(11-23)10-14(21-24)17(25)15-6-7-18-22(15)2/h4-7,10,17,25H,3,8-9,11H2,1-2H3/t17-/m0/s1. The number of rotatable bonds is 3. The van der Waals surface area contributed by atoms with Crippen LogP contribution < -0.4 is 4.90 Å². The largest absolute Gasteiger partial charge is 0.380 e. The number of anilines is 1. The number of fused-ring (bicyclic) bond motifs is 1. The van der Waals surface area contributed by atoms with Gasteiger partial charge in [-0.15, -0.1) is 5.10 Å². The Balaban J connectivity index is 1.60. The van der Waals surface area contributed by atoms with Crippen molar-refractivity contribution in [2.45, 2.75) is 32.5 Å². The fourth-order valence-corrected chi connectivity index (χ4v) is 3.18. The first kappa shape index (κ1) is 15.8. The molecule has 1 aliphatic heterocycles. The molecule has 0 spiro atoms. The molecule has 0 unspecified atom stereocenters. The number of hydrogen-bond donors (Lipinski definition) is 1. The zero-order valence-electron chi connectivity index (χ0n) is 14.4. The summed E-state index contributed by atoms with van der Waals surface area (Å²) in [5.74, 6) is 0.869. The SMILES string of the molecule is Cc1ccc(N2CCCn3nc([C@H](O)c4ccnn4C)cc3C2)nn1. The van der Waals surface area contributed by atoms with Crippen LogP contribution in [0.25, 0.3) is 0 Å². The van der Waals surface area contributed by atoms with Gasteiger partial charge in [0.2, 0.25) is 0 Å². The Kier molecular flexibility index (Phi) is 3.96. The van der Waals surface area contributed by atoms with Gasteiger partial charge in [0, 0.05) is 26.3 Å². The topological polar surface area (TPSA) is 84.9 Å². The van der Waals surface area contributed by atoms with Gasteiger partial charge in [-0.1, -0.05) is 0 Å². The molecule has 0 saturated heterocycles. The minimum absolute atomic E-state index is 0.649. The molecule has 0 aliphatic carbocycles. The molecular formula is C17H21N7O. The summed E-state index contributed by atoms with van der Waals surface area (Å²) >= 11 is 0. The molecule has 1 aliphatic rings. The first-order valence-corrected chi connectivity index (χ1v) is 8.39. The number of nitrogens with zero attached hydrogens (tertiary/aromatic N) is 7. The van der Waals surface area contributed by atoms with E-state index in [0.717, 1.165) is 42.4 Å². The lowest BCUT2D eigenvalue weighted by molar-refractivity contribution is 0.203. The molecule has 4 heterocycles. The van der Waals surface area contributed by atoms with Gasteiger partial charge in [0.15, 0.2) is 5.82 Å². The smallest absolute Gasteiger partial charge is 0.151 e. The summed E-state index contributed by atoms with van der Waals surface area (Å²) in [6.45, 7) is 4.35. The fraction of sp³-hybridized carbons (Fsp3) is 0.412. The Hall–Kier alpha value is -2.74. The second-order valence-corrected chi connectivity index (χ2v) is 6.37. The van der Waals surface area contributed by atoms with E-state index in [1.54, 1.807) is 10.9 Å². The molecule has 1 N–H and O–H groups in total. The van der Waals surface area contributed by atoms with E-state index in [2.05, 4.69) is 25.3 Å². The van der Waals surface area contributed by atoms with Gasteiger partial charge in [0.1, 0.15) is 6.10 Å². The lowest BCUT2D eigenvalue weighted by Crippen LogP contribution is -2.23. The zero-order valence-corrected chi connectivity index (χ0v) is 14.4. The highest BCUT2D eigenvalue weighted by Crippen LogP contribution is 2.24. The molecule has 4 rings (SSSR count). The van der Waals surface area contributed by atoms with E-state index in [4.69, 9.17) is 0 Å². The van der Waals surface area contributed by atoms with Crippen LogP contribution in [-0.2, 0) is 20.1 Å². The average Bonchev–Trinajstić information content (AvgIpc) is 3.16. The molecule has 25 heavy (non-hydrogen) atoms. The predicted octanol–water partition coefficient (Wildman–Crippen LogP) is 1.21. The van der Waals surface area contributed by atoms with Crippen molar-refractivity contribution in [3.05, 3.63) is 53.2 Å². The first-order chi connectivity index (χ1) is 12.1. The molecule has 0 saturated carbocycles. The molecular weight excluding hydrogens is 318 g/mol. The summed E-state index contributed by atoms with van der Waals surface area (Å²) in [6, 6.07) is 7.75. The normalized spacial score (nSPS) is 15.7. The van der Waals surface area contributed by atoms with Crippen LogP contribution in [0.5, 0.6) is 0 Å². The zero-order chi connectivity index (χ0) is 17.4. The second-order valence-electron chi connectivity index (χ2n) is 6.37. The van der Waals surface area contributed by atoms with Crippen molar-refractivity contribution in [3.8, 4) is 0 Å². The maximum atomic E-state index is 10.6. The van der Waals surface area contributed by atoms with Crippen LogP contribution >= 0.6 is 0 Å². The lowest BCUT2D eigenvalue weighted by Gasteiger charge is -2.20. The molecule has 3 aromatic rings. The molecule has 1 atom stereocenters. The average molecular weight is 339 g/mol. The third kappa shape index (κ3) is 3.00. The van der Waals surface area contributed by atoms with Crippen LogP contribution in [0.2, 0.25) is 0 Å². The third-order valence-corrected chi connectivity index (χ3v) is 4.56. The minimum Gasteiger partial charge on any atom is -0.380 e. The predicted molar refractivity (Wildman–Crippen MR) is 91.9 cm³/mol. The molecule has 0 bridgehead atoms. The first-order valence-electron chi connectivity index (χ1n) is 8.39. The van der Waals surface area contributed by atoms with Crippen molar-refractivity contribution in [1.29, 1.82) is 0 Å². The maximum absolute atomic E-state index is 10.6. The van der Waals surface area contributed by atoms with Gasteiger partial charge >= 0.3 is 0 Å². The van der Waals surface area contributed by atoms with Crippen molar-refractivity contribution in [1.82, 2.24) is 29.8 Å². The quantitative estimate of drug-likeness (QED) is 0.772. The number of hydrogen-bond acceptors (Lipinski definition) is 6. The van der Waals surface area contributed by atoms with Crippen LogP contribution in [0.4, 0.5) is 5.82 Å². The number of aliphatic hydroxyl groups is 1. The summed E-state index contributed by atoms with van der Waals surface area (Å²) < 4.78 is 3.65. The number of aryl methyl sites for hydroxylation is 3. The van der Waals surface area contributed by atoms with Crippen molar-refractivity contribution in [2.24, 2.45) is 7.05 Å². The molecule has 130 valence electrons. The molecule has 3 aromatic heterocycles. The summed E-state index contributed by atoms with van der Waals surface area (Å²) in [5, 5.41) is 27.8. The van der Waals surface area contributed by atoms with Crippen LogP contribution in [0.15, 0.2) is 30.5 Å². The Morgan fingerprint density at radius 3 is 2.76 bits per heavy atom. The van der Waals surface area contributed by atoms with E-state index < -0.39 is 6.10 Å². The summed E-state index contributed by atoms with van der Waals surface area (Å²) in [7, 11) is 1.82. The van der Waals surface area contributed by atoms with Crippen molar-refractivity contribution in [3.63, 3.8) is 0 Å². The monoisotopic (exact) mass is 339 g/mol. The highest BCUT2D eigenvalue weighted by Gasteiger charge is 2.22. The van der Waals surface area contributed by atoms with E-state index in [-0.39, 0.29) is 0 Å². The van der Waals surface area contributed by atoms with Crippen LogP contribution in [0.1, 0.15) is 35.3 Å². The van der Waals surface area contributed by atoms with Crippen molar-refractivity contribution >= 4 is 5.82 Å². The Morgan fingerprint density at radius 1 is 1.16 bits per heavy atom. The summed E-state index contributed by atoms with van der Waals surface area (Å²) in [5.41, 5.74) is 3.35. The molecule has 0 radical (unpaired) electrons. The molecule has 0 fully saturated rings. The van der Waals surface area contributed by atoms with Gasteiger partial charge in [-0.25, -0.2) is 0 Å². The van der Waals surface area contributed by atoms with Crippen LogP contribution in [0, 0.1) is 6.92 Å². The lowest BCUT2D eigenvalue weighted by atomic mass is 10.2. The minimum atomic E-state index is -0.778. The van der Waals surface area contributed by atoms with E-state index in [0.29, 0.717) is 12.2 Å². The van der Waals surface area contributed by atoms with Gasteiger partial charge < -0.3 is 10.0 Å². The fourth-order valence-electron chi connectivity index (χ4n) is 3.18. The van der Waals surface area contributed by atoms with Gasteiger partial charge in [-0.2, -0.15) is 15.3 Å². The van der Waals surface area contributed by atoms with Gasteiger partial charge in [-0.05, 0) is 37.6 Å². The van der Waals surface area contributed by atoms with Crippen LogP contribution in [0.3, 0.4) is 0 Å². The second kappa shape index (κ2) is 6.29. The Bertz CT molecular complexity index is 868. The highest BCUT2D eigenvalue weighted by molar-refractivity contribution is 5.38. The van der Waals surface area contributed by atoms with E-state index in [9.17, 15) is 5.11 Å². The van der Waals surface area contributed by atoms with Gasteiger partial charge in [-0.3, -0.25) is 9.36 Å². The number of aromatic nitrogens is 6. The highest BCUT2D eigenvalue weighted by atomic mass is 16.3. The van der Waals surface area contributed by atoms with Gasteiger partial charge in [0.05, 0.1) is 29.3 Å². The van der Waals surface area contributed by atoms with E-state index >= 15 is 0 Å².